The van der Waals surface area contributed by atoms with E-state index in [-0.39, 0.29) is 11.3 Å². The van der Waals surface area contributed by atoms with Crippen molar-refractivity contribution in [2.24, 2.45) is 5.73 Å². The second-order valence-corrected chi connectivity index (χ2v) is 5.71. The van der Waals surface area contributed by atoms with E-state index in [1.165, 1.54) is 16.0 Å². The van der Waals surface area contributed by atoms with Gasteiger partial charge in [0.15, 0.2) is 0 Å². The standard InChI is InChI=1S/C15H18N2S/c1-11-4-3-5-13(10-11)15(12(2)16)18-14-6-8-17-9-7-14/h3-10,12,15H,16H2,1-2H3. The zero-order valence-corrected chi connectivity index (χ0v) is 11.5. The van der Waals surface area contributed by atoms with E-state index < -0.39 is 0 Å². The number of hydrogen-bond acceptors (Lipinski definition) is 3. The summed E-state index contributed by atoms with van der Waals surface area (Å²) < 4.78 is 0. The Labute approximate surface area is 113 Å². The van der Waals surface area contributed by atoms with Crippen LogP contribution in [0, 0.1) is 6.92 Å². The zero-order valence-electron chi connectivity index (χ0n) is 10.7. The van der Waals surface area contributed by atoms with E-state index in [9.17, 15) is 0 Å². The molecule has 0 fully saturated rings. The Morgan fingerprint density at radius 3 is 2.50 bits per heavy atom. The first-order valence-corrected chi connectivity index (χ1v) is 6.93. The van der Waals surface area contributed by atoms with Crippen molar-refractivity contribution in [3.8, 4) is 0 Å². The Bertz CT molecular complexity index is 497. The highest BCUT2D eigenvalue weighted by atomic mass is 32.2. The summed E-state index contributed by atoms with van der Waals surface area (Å²) >= 11 is 1.79. The molecular weight excluding hydrogens is 240 g/mol. The van der Waals surface area contributed by atoms with E-state index in [4.69, 9.17) is 5.73 Å². The minimum atomic E-state index is 0.102. The lowest BCUT2D eigenvalue weighted by Gasteiger charge is -2.21. The lowest BCUT2D eigenvalue weighted by atomic mass is 10.0. The van der Waals surface area contributed by atoms with Crippen molar-refractivity contribution in [2.75, 3.05) is 0 Å². The van der Waals surface area contributed by atoms with Crippen molar-refractivity contribution in [2.45, 2.75) is 30.0 Å². The third kappa shape index (κ3) is 3.34. The van der Waals surface area contributed by atoms with Gasteiger partial charge in [-0.25, -0.2) is 0 Å². The van der Waals surface area contributed by atoms with Crippen LogP contribution in [0.3, 0.4) is 0 Å². The van der Waals surface area contributed by atoms with Gasteiger partial charge in [-0.1, -0.05) is 29.8 Å². The van der Waals surface area contributed by atoms with Gasteiger partial charge in [0.25, 0.3) is 0 Å². The molecule has 0 radical (unpaired) electrons. The van der Waals surface area contributed by atoms with Gasteiger partial charge in [0.1, 0.15) is 0 Å². The molecule has 0 bridgehead atoms. The Kier molecular flexibility index (Phi) is 4.39. The summed E-state index contributed by atoms with van der Waals surface area (Å²) in [4.78, 5) is 5.24. The zero-order chi connectivity index (χ0) is 13.0. The Morgan fingerprint density at radius 2 is 1.89 bits per heavy atom. The first kappa shape index (κ1) is 13.1. The third-order valence-corrected chi connectivity index (χ3v) is 4.26. The van der Waals surface area contributed by atoms with Crippen LogP contribution >= 0.6 is 11.8 Å². The first-order chi connectivity index (χ1) is 8.66. The van der Waals surface area contributed by atoms with Crippen LogP contribution < -0.4 is 5.73 Å². The highest BCUT2D eigenvalue weighted by molar-refractivity contribution is 7.99. The van der Waals surface area contributed by atoms with Crippen LogP contribution in [0.1, 0.15) is 23.3 Å². The molecule has 0 aliphatic heterocycles. The lowest BCUT2D eigenvalue weighted by Crippen LogP contribution is -2.22. The third-order valence-electron chi connectivity index (χ3n) is 2.76. The lowest BCUT2D eigenvalue weighted by molar-refractivity contribution is 0.721. The van der Waals surface area contributed by atoms with Crippen LogP contribution in [-0.4, -0.2) is 11.0 Å². The molecule has 0 spiro atoms. The Morgan fingerprint density at radius 1 is 1.17 bits per heavy atom. The van der Waals surface area contributed by atoms with Crippen molar-refractivity contribution in [1.29, 1.82) is 0 Å². The first-order valence-electron chi connectivity index (χ1n) is 6.05. The maximum atomic E-state index is 6.13. The monoisotopic (exact) mass is 258 g/mol. The number of nitrogens with two attached hydrogens (primary N) is 1. The number of rotatable bonds is 4. The number of hydrogen-bond donors (Lipinski definition) is 1. The van der Waals surface area contributed by atoms with E-state index in [1.54, 1.807) is 11.8 Å². The van der Waals surface area contributed by atoms with Crippen LogP contribution in [0.25, 0.3) is 0 Å². The smallest absolute Gasteiger partial charge is 0.0492 e. The van der Waals surface area contributed by atoms with E-state index in [1.807, 2.05) is 24.5 Å². The van der Waals surface area contributed by atoms with Gasteiger partial charge in [0.05, 0.1) is 0 Å². The summed E-state index contributed by atoms with van der Waals surface area (Å²) in [6, 6.07) is 12.7. The van der Waals surface area contributed by atoms with Crippen molar-refractivity contribution < 1.29 is 0 Å². The quantitative estimate of drug-likeness (QED) is 0.852. The molecule has 0 aliphatic carbocycles. The molecule has 2 rings (SSSR count). The Hall–Kier alpha value is -1.32. The molecule has 2 unspecified atom stereocenters. The summed E-state index contributed by atoms with van der Waals surface area (Å²) in [7, 11) is 0. The van der Waals surface area contributed by atoms with Gasteiger partial charge >= 0.3 is 0 Å². The predicted molar refractivity (Wildman–Crippen MR) is 77.7 cm³/mol. The maximum absolute atomic E-state index is 6.13. The summed E-state index contributed by atoms with van der Waals surface area (Å²) in [6.45, 7) is 4.17. The summed E-state index contributed by atoms with van der Waals surface area (Å²) in [5.74, 6) is 0. The number of aromatic nitrogens is 1. The molecule has 2 N–H and O–H groups in total. The summed E-state index contributed by atoms with van der Waals surface area (Å²) in [5, 5.41) is 0.271. The fourth-order valence-electron chi connectivity index (χ4n) is 1.89. The Balaban J connectivity index is 2.24. The molecule has 0 aliphatic rings. The molecule has 1 aromatic heterocycles. The summed E-state index contributed by atoms with van der Waals surface area (Å²) in [6.07, 6.45) is 3.63. The fourth-order valence-corrected chi connectivity index (χ4v) is 2.96. The fraction of sp³-hybridized carbons (Fsp3) is 0.267. The van der Waals surface area contributed by atoms with Gasteiger partial charge < -0.3 is 5.73 Å². The average Bonchev–Trinajstić information content (AvgIpc) is 2.37. The minimum Gasteiger partial charge on any atom is -0.327 e. The van der Waals surface area contributed by atoms with Gasteiger partial charge in [0.2, 0.25) is 0 Å². The molecule has 2 aromatic rings. The van der Waals surface area contributed by atoms with E-state index in [0.29, 0.717) is 0 Å². The minimum absolute atomic E-state index is 0.102. The van der Waals surface area contributed by atoms with Crippen LogP contribution in [-0.2, 0) is 0 Å². The highest BCUT2D eigenvalue weighted by Crippen LogP contribution is 2.36. The van der Waals surface area contributed by atoms with Crippen LogP contribution in [0.2, 0.25) is 0 Å². The maximum Gasteiger partial charge on any atom is 0.0492 e. The molecule has 94 valence electrons. The normalized spacial score (nSPS) is 14.2. The van der Waals surface area contributed by atoms with E-state index in [0.717, 1.165) is 0 Å². The second-order valence-electron chi connectivity index (χ2n) is 4.49. The highest BCUT2D eigenvalue weighted by Gasteiger charge is 2.17. The predicted octanol–water partition coefficient (Wildman–Crippen LogP) is 3.57. The topological polar surface area (TPSA) is 38.9 Å². The average molecular weight is 258 g/mol. The van der Waals surface area contributed by atoms with Gasteiger partial charge in [0, 0.05) is 28.6 Å². The molecule has 1 aromatic carbocycles. The van der Waals surface area contributed by atoms with Crippen molar-refractivity contribution in [1.82, 2.24) is 4.98 Å². The molecule has 3 heteroatoms. The van der Waals surface area contributed by atoms with Crippen molar-refractivity contribution in [3.63, 3.8) is 0 Å². The molecule has 0 saturated carbocycles. The van der Waals surface area contributed by atoms with Crippen LogP contribution in [0.5, 0.6) is 0 Å². The largest absolute Gasteiger partial charge is 0.327 e. The van der Waals surface area contributed by atoms with E-state index >= 15 is 0 Å². The molecule has 18 heavy (non-hydrogen) atoms. The van der Waals surface area contributed by atoms with Crippen LogP contribution in [0.4, 0.5) is 0 Å². The number of thioether (sulfide) groups is 1. The van der Waals surface area contributed by atoms with E-state index in [2.05, 4.69) is 43.1 Å². The molecule has 0 amide bonds. The number of nitrogens with zero attached hydrogens (tertiary/aromatic N) is 1. The van der Waals surface area contributed by atoms with Crippen molar-refractivity contribution >= 4 is 11.8 Å². The number of aryl methyl sites for hydroxylation is 1. The van der Waals surface area contributed by atoms with Gasteiger partial charge in [-0.05, 0) is 31.5 Å². The molecular formula is C15H18N2S. The van der Waals surface area contributed by atoms with Crippen LogP contribution in [0.15, 0.2) is 53.7 Å². The second kappa shape index (κ2) is 6.03. The van der Waals surface area contributed by atoms with Gasteiger partial charge in [-0.3, -0.25) is 4.98 Å². The SMILES string of the molecule is Cc1cccc(C(Sc2ccncc2)C(C)N)c1. The number of pyridine rings is 1. The molecule has 2 nitrogen and oxygen atoms in total. The number of benzene rings is 1. The molecule has 1 heterocycles. The molecule has 0 saturated heterocycles. The van der Waals surface area contributed by atoms with Gasteiger partial charge in [-0.2, -0.15) is 0 Å². The molecule has 2 atom stereocenters. The van der Waals surface area contributed by atoms with Gasteiger partial charge in [-0.15, -0.1) is 11.8 Å². The summed E-state index contributed by atoms with van der Waals surface area (Å²) in [5.41, 5.74) is 8.69. The van der Waals surface area contributed by atoms with Crippen molar-refractivity contribution in [3.05, 3.63) is 59.9 Å².